The third-order valence-electron chi connectivity index (χ3n) is 3.96. The molecule has 1 aliphatic rings. The minimum absolute atomic E-state index is 0.114. The highest BCUT2D eigenvalue weighted by Gasteiger charge is 2.33. The molecule has 3 nitrogen and oxygen atoms in total. The number of hydrogen-bond donors (Lipinski definition) is 1. The average Bonchev–Trinajstić information content (AvgIpc) is 2.31. The van der Waals surface area contributed by atoms with Crippen molar-refractivity contribution in [3.63, 3.8) is 0 Å². The van der Waals surface area contributed by atoms with E-state index in [0.717, 1.165) is 25.2 Å². The van der Waals surface area contributed by atoms with Crippen LogP contribution in [0, 0.1) is 11.3 Å². The van der Waals surface area contributed by atoms with E-state index in [9.17, 15) is 4.79 Å². The summed E-state index contributed by atoms with van der Waals surface area (Å²) in [5, 5.41) is 0. The summed E-state index contributed by atoms with van der Waals surface area (Å²) in [5.74, 6) is 0.666. The maximum Gasteiger partial charge on any atom is 0.313 e. The molecule has 0 bridgehead atoms. The molecule has 1 fully saturated rings. The van der Waals surface area contributed by atoms with E-state index in [1.807, 2.05) is 13.8 Å². The smallest absolute Gasteiger partial charge is 0.313 e. The topological polar surface area (TPSA) is 52.3 Å². The van der Waals surface area contributed by atoms with Crippen LogP contribution in [0.2, 0.25) is 0 Å². The number of rotatable bonds is 4. The monoisotopic (exact) mass is 227 g/mol. The fourth-order valence-electron chi connectivity index (χ4n) is 2.01. The minimum Gasteiger partial charge on any atom is -0.462 e. The first-order valence-electron chi connectivity index (χ1n) is 6.43. The number of ether oxygens (including phenoxy) is 1. The van der Waals surface area contributed by atoms with Crippen LogP contribution in [0.5, 0.6) is 0 Å². The lowest BCUT2D eigenvalue weighted by Crippen LogP contribution is -2.39. The summed E-state index contributed by atoms with van der Waals surface area (Å²) in [4.78, 5) is 12.0. The van der Waals surface area contributed by atoms with Gasteiger partial charge in [0.15, 0.2) is 0 Å². The predicted molar refractivity (Wildman–Crippen MR) is 65.0 cm³/mol. The Balaban J connectivity index is 2.45. The van der Waals surface area contributed by atoms with Crippen LogP contribution in [0.1, 0.15) is 52.9 Å². The second-order valence-electron chi connectivity index (χ2n) is 5.41. The second kappa shape index (κ2) is 5.67. The fraction of sp³-hybridized carbons (Fsp3) is 0.923. The Labute approximate surface area is 98.7 Å². The molecule has 2 N–H and O–H groups in total. The van der Waals surface area contributed by atoms with Crippen LogP contribution in [0.3, 0.4) is 0 Å². The van der Waals surface area contributed by atoms with Gasteiger partial charge in [0.05, 0.1) is 5.41 Å². The summed E-state index contributed by atoms with van der Waals surface area (Å²) < 4.78 is 5.57. The Morgan fingerprint density at radius 2 is 1.94 bits per heavy atom. The first kappa shape index (κ1) is 13.5. The standard InChI is InChI=1S/C13H25NO2/c1-4-13(3,9-14)12(15)16-11-7-5-10(2)6-8-11/h10-11H,4-9,14H2,1-3H3. The van der Waals surface area contributed by atoms with Crippen LogP contribution in [0.4, 0.5) is 0 Å². The van der Waals surface area contributed by atoms with Crippen LogP contribution < -0.4 is 5.73 Å². The zero-order valence-corrected chi connectivity index (χ0v) is 10.8. The van der Waals surface area contributed by atoms with Gasteiger partial charge < -0.3 is 10.5 Å². The van der Waals surface area contributed by atoms with Crippen LogP contribution in [0.15, 0.2) is 0 Å². The van der Waals surface area contributed by atoms with Gasteiger partial charge in [-0.3, -0.25) is 4.79 Å². The highest BCUT2D eigenvalue weighted by molar-refractivity contribution is 5.76. The molecule has 0 aromatic heterocycles. The van der Waals surface area contributed by atoms with Gasteiger partial charge in [-0.15, -0.1) is 0 Å². The van der Waals surface area contributed by atoms with Gasteiger partial charge in [-0.25, -0.2) is 0 Å². The van der Waals surface area contributed by atoms with E-state index in [0.29, 0.717) is 6.54 Å². The van der Waals surface area contributed by atoms with Crippen molar-refractivity contribution in [2.24, 2.45) is 17.1 Å². The molecule has 16 heavy (non-hydrogen) atoms. The molecular formula is C13H25NO2. The highest BCUT2D eigenvalue weighted by atomic mass is 16.5. The van der Waals surface area contributed by atoms with Gasteiger partial charge in [0, 0.05) is 6.54 Å². The predicted octanol–water partition coefficient (Wildman–Crippen LogP) is 2.48. The van der Waals surface area contributed by atoms with Crippen LogP contribution in [-0.4, -0.2) is 18.6 Å². The van der Waals surface area contributed by atoms with Gasteiger partial charge in [-0.05, 0) is 44.9 Å². The van der Waals surface area contributed by atoms with E-state index in [1.165, 1.54) is 12.8 Å². The van der Waals surface area contributed by atoms with Gasteiger partial charge in [-0.1, -0.05) is 13.8 Å². The first-order chi connectivity index (χ1) is 7.51. The lowest BCUT2D eigenvalue weighted by Gasteiger charge is -2.30. The molecule has 1 rings (SSSR count). The molecule has 0 aromatic rings. The summed E-state index contributed by atoms with van der Waals surface area (Å²) >= 11 is 0. The summed E-state index contributed by atoms with van der Waals surface area (Å²) in [6.45, 7) is 6.50. The number of esters is 1. The van der Waals surface area contributed by atoms with E-state index >= 15 is 0 Å². The quantitative estimate of drug-likeness (QED) is 0.751. The largest absolute Gasteiger partial charge is 0.462 e. The Morgan fingerprint density at radius 3 is 2.38 bits per heavy atom. The zero-order chi connectivity index (χ0) is 12.2. The van der Waals surface area contributed by atoms with E-state index in [1.54, 1.807) is 0 Å². The van der Waals surface area contributed by atoms with Crippen molar-refractivity contribution in [3.05, 3.63) is 0 Å². The molecule has 1 unspecified atom stereocenters. The number of carbonyl (C=O) groups is 1. The molecule has 3 heteroatoms. The normalized spacial score (nSPS) is 29.5. The molecule has 1 saturated carbocycles. The molecule has 0 heterocycles. The Kier molecular flexibility index (Phi) is 4.78. The summed E-state index contributed by atoms with van der Waals surface area (Å²) in [6.07, 6.45) is 5.23. The molecule has 0 radical (unpaired) electrons. The SMILES string of the molecule is CCC(C)(CN)C(=O)OC1CCC(C)CC1. The van der Waals surface area contributed by atoms with Crippen molar-refractivity contribution in [1.82, 2.24) is 0 Å². The maximum atomic E-state index is 12.0. The van der Waals surface area contributed by atoms with Crippen molar-refractivity contribution < 1.29 is 9.53 Å². The zero-order valence-electron chi connectivity index (χ0n) is 10.8. The summed E-state index contributed by atoms with van der Waals surface area (Å²) in [7, 11) is 0. The summed E-state index contributed by atoms with van der Waals surface area (Å²) in [6, 6.07) is 0. The summed E-state index contributed by atoms with van der Waals surface area (Å²) in [5.41, 5.74) is 5.15. The number of nitrogens with two attached hydrogens (primary N) is 1. The van der Waals surface area contributed by atoms with Gasteiger partial charge in [0.1, 0.15) is 6.10 Å². The molecule has 1 aliphatic carbocycles. The third kappa shape index (κ3) is 3.21. The van der Waals surface area contributed by atoms with Crippen LogP contribution >= 0.6 is 0 Å². The van der Waals surface area contributed by atoms with Crippen LogP contribution in [0.25, 0.3) is 0 Å². The first-order valence-corrected chi connectivity index (χ1v) is 6.43. The number of hydrogen-bond acceptors (Lipinski definition) is 3. The molecule has 0 aliphatic heterocycles. The fourth-order valence-corrected chi connectivity index (χ4v) is 2.01. The average molecular weight is 227 g/mol. The van der Waals surface area contributed by atoms with Crippen molar-refractivity contribution in [2.45, 2.75) is 59.0 Å². The van der Waals surface area contributed by atoms with Gasteiger partial charge in [0.2, 0.25) is 0 Å². The van der Waals surface area contributed by atoms with Crippen LogP contribution in [-0.2, 0) is 9.53 Å². The molecule has 0 spiro atoms. The maximum absolute atomic E-state index is 12.0. The molecule has 0 aromatic carbocycles. The van der Waals surface area contributed by atoms with Crippen molar-refractivity contribution in [1.29, 1.82) is 0 Å². The van der Waals surface area contributed by atoms with E-state index < -0.39 is 5.41 Å². The minimum atomic E-state index is -0.497. The molecule has 0 amide bonds. The van der Waals surface area contributed by atoms with E-state index in [-0.39, 0.29) is 12.1 Å². The van der Waals surface area contributed by atoms with Gasteiger partial charge in [0.25, 0.3) is 0 Å². The second-order valence-corrected chi connectivity index (χ2v) is 5.41. The van der Waals surface area contributed by atoms with Crippen molar-refractivity contribution >= 4 is 5.97 Å². The molecular weight excluding hydrogens is 202 g/mol. The lowest BCUT2D eigenvalue weighted by molar-refractivity contribution is -0.162. The Hall–Kier alpha value is -0.570. The molecule has 94 valence electrons. The van der Waals surface area contributed by atoms with Crippen molar-refractivity contribution in [2.75, 3.05) is 6.54 Å². The van der Waals surface area contributed by atoms with E-state index in [4.69, 9.17) is 10.5 Å². The highest BCUT2D eigenvalue weighted by Crippen LogP contribution is 2.28. The third-order valence-corrected chi connectivity index (χ3v) is 3.96. The lowest BCUT2D eigenvalue weighted by atomic mass is 9.86. The van der Waals surface area contributed by atoms with Crippen molar-refractivity contribution in [3.8, 4) is 0 Å². The van der Waals surface area contributed by atoms with E-state index in [2.05, 4.69) is 6.92 Å². The Bertz CT molecular complexity index is 228. The molecule has 1 atom stereocenters. The van der Waals surface area contributed by atoms with Gasteiger partial charge >= 0.3 is 5.97 Å². The molecule has 0 saturated heterocycles. The Morgan fingerprint density at radius 1 is 1.38 bits per heavy atom. The van der Waals surface area contributed by atoms with Gasteiger partial charge in [-0.2, -0.15) is 0 Å². The number of carbonyl (C=O) groups excluding carboxylic acids is 1.